The summed E-state index contributed by atoms with van der Waals surface area (Å²) in [5.74, 6) is 0. The number of rotatable bonds is 4. The van der Waals surface area contributed by atoms with Crippen LogP contribution in [0, 0.1) is 0 Å². The summed E-state index contributed by atoms with van der Waals surface area (Å²) in [5, 5.41) is 0.175. The SMILES string of the molecule is CS(=O)(=O)c1nccn1CCC1=CCCCC1. The molecule has 0 aliphatic heterocycles. The van der Waals surface area contributed by atoms with Gasteiger partial charge in [0.05, 0.1) is 0 Å². The lowest BCUT2D eigenvalue weighted by Crippen LogP contribution is -2.09. The molecule has 0 amide bonds. The summed E-state index contributed by atoms with van der Waals surface area (Å²) in [6.07, 6.45) is 12.6. The summed E-state index contributed by atoms with van der Waals surface area (Å²) in [4.78, 5) is 3.91. The molecule has 2 rings (SSSR count). The third-order valence-electron chi connectivity index (χ3n) is 3.07. The maximum atomic E-state index is 11.5. The number of hydrogen-bond donors (Lipinski definition) is 0. The molecule has 1 aliphatic rings. The van der Waals surface area contributed by atoms with Crippen LogP contribution in [0.15, 0.2) is 29.2 Å². The molecule has 0 N–H and O–H groups in total. The summed E-state index contributed by atoms with van der Waals surface area (Å²) < 4.78 is 24.7. The maximum absolute atomic E-state index is 11.5. The molecular formula is C12H18N2O2S. The highest BCUT2D eigenvalue weighted by Crippen LogP contribution is 2.21. The van der Waals surface area contributed by atoms with E-state index in [0.29, 0.717) is 6.54 Å². The normalized spacial score (nSPS) is 16.9. The van der Waals surface area contributed by atoms with Gasteiger partial charge in [-0.25, -0.2) is 13.4 Å². The second-order valence-electron chi connectivity index (χ2n) is 4.53. The van der Waals surface area contributed by atoms with Crippen molar-refractivity contribution in [2.45, 2.75) is 43.8 Å². The lowest BCUT2D eigenvalue weighted by molar-refractivity contribution is 0.556. The van der Waals surface area contributed by atoms with Crippen molar-refractivity contribution in [2.75, 3.05) is 6.26 Å². The molecule has 0 aromatic carbocycles. The second kappa shape index (κ2) is 5.04. The Labute approximate surface area is 102 Å². The average molecular weight is 254 g/mol. The summed E-state index contributed by atoms with van der Waals surface area (Å²) >= 11 is 0. The molecule has 0 unspecified atom stereocenters. The molecule has 1 heterocycles. The molecule has 0 spiro atoms. The van der Waals surface area contributed by atoms with Gasteiger partial charge in [-0.15, -0.1) is 0 Å². The van der Waals surface area contributed by atoms with Crippen molar-refractivity contribution in [1.82, 2.24) is 9.55 Å². The first-order chi connectivity index (χ1) is 8.07. The number of aromatic nitrogens is 2. The van der Waals surface area contributed by atoms with E-state index in [1.54, 1.807) is 17.0 Å². The van der Waals surface area contributed by atoms with E-state index in [-0.39, 0.29) is 5.16 Å². The minimum absolute atomic E-state index is 0.175. The molecule has 94 valence electrons. The van der Waals surface area contributed by atoms with Gasteiger partial charge in [0.1, 0.15) is 0 Å². The lowest BCUT2D eigenvalue weighted by Gasteiger charge is -2.13. The van der Waals surface area contributed by atoms with Crippen molar-refractivity contribution in [1.29, 1.82) is 0 Å². The van der Waals surface area contributed by atoms with Gasteiger partial charge in [-0.05, 0) is 32.1 Å². The number of aryl methyl sites for hydroxylation is 1. The summed E-state index contributed by atoms with van der Waals surface area (Å²) in [6, 6.07) is 0. The van der Waals surface area contributed by atoms with Crippen LogP contribution in [0.4, 0.5) is 0 Å². The molecule has 0 atom stereocenters. The Morgan fingerprint density at radius 3 is 2.88 bits per heavy atom. The topological polar surface area (TPSA) is 52.0 Å². The number of allylic oxidation sites excluding steroid dienone is 2. The zero-order chi connectivity index (χ0) is 12.3. The minimum atomic E-state index is -3.21. The van der Waals surface area contributed by atoms with Crippen LogP contribution in [0.2, 0.25) is 0 Å². The van der Waals surface area contributed by atoms with E-state index >= 15 is 0 Å². The van der Waals surface area contributed by atoms with Gasteiger partial charge < -0.3 is 4.57 Å². The van der Waals surface area contributed by atoms with Gasteiger partial charge in [0, 0.05) is 25.2 Å². The van der Waals surface area contributed by atoms with Gasteiger partial charge >= 0.3 is 0 Å². The van der Waals surface area contributed by atoms with Crippen LogP contribution in [0.5, 0.6) is 0 Å². The molecule has 4 nitrogen and oxygen atoms in total. The number of imidazole rings is 1. The molecule has 1 aliphatic carbocycles. The fourth-order valence-electron chi connectivity index (χ4n) is 2.19. The van der Waals surface area contributed by atoms with Gasteiger partial charge in [-0.3, -0.25) is 0 Å². The Hall–Kier alpha value is -1.10. The van der Waals surface area contributed by atoms with E-state index < -0.39 is 9.84 Å². The van der Waals surface area contributed by atoms with E-state index in [2.05, 4.69) is 11.1 Å². The summed E-state index contributed by atoms with van der Waals surface area (Å²) in [6.45, 7) is 0.703. The first-order valence-corrected chi connectivity index (χ1v) is 7.85. The largest absolute Gasteiger partial charge is 0.322 e. The molecular weight excluding hydrogens is 236 g/mol. The van der Waals surface area contributed by atoms with E-state index in [1.807, 2.05) is 0 Å². The highest BCUT2D eigenvalue weighted by Gasteiger charge is 2.14. The predicted octanol–water partition coefficient (Wildman–Crippen LogP) is 2.18. The average Bonchev–Trinajstić information content (AvgIpc) is 2.75. The van der Waals surface area contributed by atoms with E-state index in [4.69, 9.17) is 0 Å². The Morgan fingerprint density at radius 1 is 1.41 bits per heavy atom. The van der Waals surface area contributed by atoms with Gasteiger partial charge in [0.2, 0.25) is 15.0 Å². The van der Waals surface area contributed by atoms with Crippen molar-refractivity contribution in [3.8, 4) is 0 Å². The van der Waals surface area contributed by atoms with Crippen molar-refractivity contribution in [3.05, 3.63) is 24.0 Å². The fourth-order valence-corrected chi connectivity index (χ4v) is 3.02. The van der Waals surface area contributed by atoms with E-state index in [1.165, 1.54) is 24.7 Å². The maximum Gasteiger partial charge on any atom is 0.227 e. The first kappa shape index (κ1) is 12.4. The smallest absolute Gasteiger partial charge is 0.227 e. The third-order valence-corrected chi connectivity index (χ3v) is 4.07. The predicted molar refractivity (Wildman–Crippen MR) is 66.5 cm³/mol. The van der Waals surface area contributed by atoms with Crippen LogP contribution in [0.25, 0.3) is 0 Å². The van der Waals surface area contributed by atoms with Crippen molar-refractivity contribution in [3.63, 3.8) is 0 Å². The molecule has 0 saturated carbocycles. The van der Waals surface area contributed by atoms with Crippen LogP contribution in [-0.2, 0) is 16.4 Å². The van der Waals surface area contributed by atoms with E-state index in [0.717, 1.165) is 19.3 Å². The fraction of sp³-hybridized carbons (Fsp3) is 0.583. The van der Waals surface area contributed by atoms with Crippen molar-refractivity contribution >= 4 is 9.84 Å². The Morgan fingerprint density at radius 2 is 2.24 bits per heavy atom. The van der Waals surface area contributed by atoms with E-state index in [9.17, 15) is 8.42 Å². The quantitative estimate of drug-likeness (QED) is 0.774. The third kappa shape index (κ3) is 3.19. The van der Waals surface area contributed by atoms with Crippen LogP contribution in [0.3, 0.4) is 0 Å². The highest BCUT2D eigenvalue weighted by atomic mass is 32.2. The second-order valence-corrected chi connectivity index (χ2v) is 6.44. The van der Waals surface area contributed by atoms with Crippen LogP contribution < -0.4 is 0 Å². The zero-order valence-corrected chi connectivity index (χ0v) is 10.9. The molecule has 0 radical (unpaired) electrons. The Balaban J connectivity index is 2.04. The van der Waals surface area contributed by atoms with Gasteiger partial charge in [0.15, 0.2) is 0 Å². The van der Waals surface area contributed by atoms with Gasteiger partial charge in [0.25, 0.3) is 0 Å². The van der Waals surface area contributed by atoms with Crippen LogP contribution in [0.1, 0.15) is 32.1 Å². The van der Waals surface area contributed by atoms with Crippen molar-refractivity contribution < 1.29 is 8.42 Å². The minimum Gasteiger partial charge on any atom is -0.322 e. The zero-order valence-electron chi connectivity index (χ0n) is 10.1. The number of hydrogen-bond acceptors (Lipinski definition) is 3. The van der Waals surface area contributed by atoms with Crippen LogP contribution in [-0.4, -0.2) is 24.2 Å². The van der Waals surface area contributed by atoms with Gasteiger partial charge in [-0.2, -0.15) is 0 Å². The molecule has 0 bridgehead atoms. The monoisotopic (exact) mass is 254 g/mol. The molecule has 0 fully saturated rings. The molecule has 1 aromatic rings. The highest BCUT2D eigenvalue weighted by molar-refractivity contribution is 7.90. The Bertz CT molecular complexity index is 514. The van der Waals surface area contributed by atoms with Crippen molar-refractivity contribution in [2.24, 2.45) is 0 Å². The summed E-state index contributed by atoms with van der Waals surface area (Å²) in [7, 11) is -3.21. The Kier molecular flexibility index (Phi) is 3.66. The standard InChI is InChI=1S/C12H18N2O2S/c1-17(15,16)12-13-8-10-14(12)9-7-11-5-3-2-4-6-11/h5,8,10H,2-4,6-7,9H2,1H3. The first-order valence-electron chi connectivity index (χ1n) is 5.96. The molecule has 5 heteroatoms. The van der Waals surface area contributed by atoms with Crippen LogP contribution >= 0.6 is 0 Å². The molecule has 1 aromatic heterocycles. The number of nitrogens with zero attached hydrogens (tertiary/aromatic N) is 2. The lowest BCUT2D eigenvalue weighted by atomic mass is 9.97. The summed E-state index contributed by atoms with van der Waals surface area (Å²) in [5.41, 5.74) is 1.45. The molecule has 17 heavy (non-hydrogen) atoms. The van der Waals surface area contributed by atoms with Gasteiger partial charge in [-0.1, -0.05) is 11.6 Å². The molecule has 0 saturated heterocycles. The number of sulfone groups is 1.